The Labute approximate surface area is 163 Å². The summed E-state index contributed by atoms with van der Waals surface area (Å²) in [7, 11) is 0. The first-order valence-electron chi connectivity index (χ1n) is 8.72. The average molecular weight is 388 g/mol. The van der Waals surface area contributed by atoms with Gasteiger partial charge in [-0.2, -0.15) is 4.98 Å². The first-order chi connectivity index (χ1) is 12.6. The molecule has 0 saturated carbocycles. The molecule has 142 valence electrons. The van der Waals surface area contributed by atoms with Crippen molar-refractivity contribution in [2.45, 2.75) is 26.3 Å². The molecular formula is C18H22ClN7O. The first-order valence-corrected chi connectivity index (χ1v) is 8.72. The Kier molecular flexibility index (Phi) is 5.67. The Morgan fingerprint density at radius 2 is 2.19 bits per heavy atom. The summed E-state index contributed by atoms with van der Waals surface area (Å²) >= 11 is 0. The molecule has 1 saturated heterocycles. The van der Waals surface area contributed by atoms with E-state index in [-0.39, 0.29) is 30.8 Å². The summed E-state index contributed by atoms with van der Waals surface area (Å²) in [5, 5.41) is 7.80. The van der Waals surface area contributed by atoms with E-state index >= 15 is 0 Å². The zero-order valence-electron chi connectivity index (χ0n) is 15.3. The van der Waals surface area contributed by atoms with E-state index in [1.165, 1.54) is 0 Å². The van der Waals surface area contributed by atoms with E-state index in [4.69, 9.17) is 0 Å². The summed E-state index contributed by atoms with van der Waals surface area (Å²) < 4.78 is 1.69. The Bertz CT molecular complexity index is 944. The Morgan fingerprint density at radius 3 is 2.96 bits per heavy atom. The van der Waals surface area contributed by atoms with E-state index in [2.05, 4.69) is 25.4 Å². The van der Waals surface area contributed by atoms with Crippen LogP contribution in [-0.2, 0) is 11.2 Å². The summed E-state index contributed by atoms with van der Waals surface area (Å²) in [5.74, 6) is 1.06. The van der Waals surface area contributed by atoms with Crippen LogP contribution in [0.3, 0.4) is 0 Å². The van der Waals surface area contributed by atoms with Gasteiger partial charge in [-0.05, 0) is 31.5 Å². The minimum absolute atomic E-state index is 0. The highest BCUT2D eigenvalue weighted by molar-refractivity contribution is 5.85. The highest BCUT2D eigenvalue weighted by Gasteiger charge is 2.28. The summed E-state index contributed by atoms with van der Waals surface area (Å²) in [5.41, 5.74) is 2.87. The maximum atomic E-state index is 12.9. The molecule has 0 aliphatic carbocycles. The molecule has 1 aliphatic heterocycles. The van der Waals surface area contributed by atoms with Gasteiger partial charge in [0.2, 0.25) is 5.91 Å². The third-order valence-corrected chi connectivity index (χ3v) is 4.60. The van der Waals surface area contributed by atoms with Crippen molar-refractivity contribution in [2.75, 3.05) is 19.6 Å². The fraction of sp³-hybridized carbons (Fsp3) is 0.389. The smallest absolute Gasteiger partial charge is 0.252 e. The number of carbonyl (C=O) groups excluding carboxylic acids is 1. The van der Waals surface area contributed by atoms with E-state index in [9.17, 15) is 4.79 Å². The second kappa shape index (κ2) is 7.98. The van der Waals surface area contributed by atoms with Crippen molar-refractivity contribution in [2.24, 2.45) is 0 Å². The van der Waals surface area contributed by atoms with Crippen LogP contribution in [0, 0.1) is 13.8 Å². The van der Waals surface area contributed by atoms with Crippen LogP contribution in [-0.4, -0.2) is 55.0 Å². The summed E-state index contributed by atoms with van der Waals surface area (Å²) in [4.78, 5) is 27.8. The predicted molar refractivity (Wildman–Crippen MR) is 103 cm³/mol. The third kappa shape index (κ3) is 3.91. The predicted octanol–water partition coefficient (Wildman–Crippen LogP) is 1.27. The van der Waals surface area contributed by atoms with Gasteiger partial charge in [0.25, 0.3) is 5.78 Å². The van der Waals surface area contributed by atoms with E-state index < -0.39 is 0 Å². The van der Waals surface area contributed by atoms with Crippen LogP contribution in [0.1, 0.15) is 28.8 Å². The number of hydrogen-bond acceptors (Lipinski definition) is 6. The number of piperazine rings is 1. The molecule has 27 heavy (non-hydrogen) atoms. The first kappa shape index (κ1) is 19.2. The third-order valence-electron chi connectivity index (χ3n) is 4.60. The standard InChI is InChI=1S/C18H21N7O.ClH/c1-12-8-13(2)25-18(21-12)22-16(23-25)9-17(26)24-7-6-20-11-15(24)14-4-3-5-19-10-14;/h3-5,8,10,15,20H,6-7,9,11H2,1-2H3;1H. The molecule has 1 amide bonds. The minimum atomic E-state index is -0.0240. The summed E-state index contributed by atoms with van der Waals surface area (Å²) in [6.45, 7) is 6.03. The number of halogens is 1. The molecule has 0 spiro atoms. The Balaban J connectivity index is 0.00000210. The molecule has 1 atom stereocenters. The minimum Gasteiger partial charge on any atom is -0.333 e. The van der Waals surface area contributed by atoms with Crippen LogP contribution in [0.2, 0.25) is 0 Å². The number of nitrogens with zero attached hydrogens (tertiary/aromatic N) is 6. The molecule has 8 nitrogen and oxygen atoms in total. The molecule has 3 aromatic heterocycles. The lowest BCUT2D eigenvalue weighted by molar-refractivity contribution is -0.133. The zero-order chi connectivity index (χ0) is 18.1. The number of aryl methyl sites for hydroxylation is 2. The molecule has 0 aromatic carbocycles. The second-order valence-corrected chi connectivity index (χ2v) is 6.55. The van der Waals surface area contributed by atoms with E-state index in [0.717, 1.165) is 30.0 Å². The highest BCUT2D eigenvalue weighted by Crippen LogP contribution is 2.22. The molecule has 0 bridgehead atoms. The molecule has 4 heterocycles. The number of amides is 1. The van der Waals surface area contributed by atoms with E-state index in [0.29, 0.717) is 18.1 Å². The monoisotopic (exact) mass is 387 g/mol. The Hall–Kier alpha value is -2.58. The molecule has 1 N–H and O–H groups in total. The SMILES string of the molecule is Cc1cc(C)n2nc(CC(=O)N3CCNCC3c3cccnc3)nc2n1.Cl. The van der Waals surface area contributed by atoms with Gasteiger partial charge in [0.05, 0.1) is 12.5 Å². The fourth-order valence-corrected chi connectivity index (χ4v) is 3.39. The number of fused-ring (bicyclic) bond motifs is 1. The molecular weight excluding hydrogens is 366 g/mol. The van der Waals surface area contributed by atoms with Crippen LogP contribution in [0.15, 0.2) is 30.6 Å². The van der Waals surface area contributed by atoms with Gasteiger partial charge in [0.15, 0.2) is 5.82 Å². The van der Waals surface area contributed by atoms with Crippen molar-refractivity contribution >= 4 is 24.1 Å². The van der Waals surface area contributed by atoms with Crippen molar-refractivity contribution in [1.29, 1.82) is 0 Å². The van der Waals surface area contributed by atoms with Gasteiger partial charge in [-0.25, -0.2) is 9.50 Å². The Morgan fingerprint density at radius 1 is 1.33 bits per heavy atom. The average Bonchev–Trinajstić information content (AvgIpc) is 3.05. The number of pyridine rings is 1. The van der Waals surface area contributed by atoms with Crippen LogP contribution in [0.4, 0.5) is 0 Å². The lowest BCUT2D eigenvalue weighted by Crippen LogP contribution is -2.49. The lowest BCUT2D eigenvalue weighted by atomic mass is 10.0. The topological polar surface area (TPSA) is 88.3 Å². The normalized spacial score (nSPS) is 17.0. The fourth-order valence-electron chi connectivity index (χ4n) is 3.39. The number of nitrogens with one attached hydrogen (secondary N) is 1. The maximum absolute atomic E-state index is 12.9. The molecule has 1 aliphatic rings. The molecule has 3 aromatic rings. The van der Waals surface area contributed by atoms with Gasteiger partial charge in [-0.1, -0.05) is 6.07 Å². The van der Waals surface area contributed by atoms with Gasteiger partial charge >= 0.3 is 0 Å². The van der Waals surface area contributed by atoms with Gasteiger partial charge in [0, 0.05) is 43.4 Å². The number of carbonyl (C=O) groups is 1. The molecule has 9 heteroatoms. The maximum Gasteiger partial charge on any atom is 0.252 e. The molecule has 1 fully saturated rings. The van der Waals surface area contributed by atoms with Crippen molar-refractivity contribution < 1.29 is 4.79 Å². The molecule has 4 rings (SSSR count). The van der Waals surface area contributed by atoms with Gasteiger partial charge in [0.1, 0.15) is 0 Å². The molecule has 0 radical (unpaired) electrons. The van der Waals surface area contributed by atoms with Gasteiger partial charge in [-0.3, -0.25) is 9.78 Å². The quantitative estimate of drug-likeness (QED) is 0.728. The van der Waals surface area contributed by atoms with Crippen molar-refractivity contribution in [1.82, 2.24) is 34.8 Å². The molecule has 1 unspecified atom stereocenters. The van der Waals surface area contributed by atoms with Crippen LogP contribution in [0.5, 0.6) is 0 Å². The van der Waals surface area contributed by atoms with Crippen molar-refractivity contribution in [3.05, 3.63) is 53.4 Å². The van der Waals surface area contributed by atoms with Gasteiger partial charge < -0.3 is 10.2 Å². The number of hydrogen-bond donors (Lipinski definition) is 1. The summed E-state index contributed by atoms with van der Waals surface area (Å²) in [6, 6.07) is 5.82. The highest BCUT2D eigenvalue weighted by atomic mass is 35.5. The van der Waals surface area contributed by atoms with Gasteiger partial charge in [-0.15, -0.1) is 17.5 Å². The van der Waals surface area contributed by atoms with Crippen LogP contribution < -0.4 is 5.32 Å². The number of rotatable bonds is 3. The van der Waals surface area contributed by atoms with E-state index in [1.807, 2.05) is 43.1 Å². The zero-order valence-corrected chi connectivity index (χ0v) is 16.1. The summed E-state index contributed by atoms with van der Waals surface area (Å²) in [6.07, 6.45) is 3.72. The van der Waals surface area contributed by atoms with Crippen LogP contribution in [0.25, 0.3) is 5.78 Å². The van der Waals surface area contributed by atoms with E-state index in [1.54, 1.807) is 10.7 Å². The number of aromatic nitrogens is 5. The van der Waals surface area contributed by atoms with Crippen molar-refractivity contribution in [3.63, 3.8) is 0 Å². The second-order valence-electron chi connectivity index (χ2n) is 6.55. The van der Waals surface area contributed by atoms with Crippen molar-refractivity contribution in [3.8, 4) is 0 Å². The van der Waals surface area contributed by atoms with Crippen LogP contribution >= 0.6 is 12.4 Å². The largest absolute Gasteiger partial charge is 0.333 e. The lowest BCUT2D eigenvalue weighted by Gasteiger charge is -2.36.